The van der Waals surface area contributed by atoms with Gasteiger partial charge in [0.05, 0.1) is 17.9 Å². The highest BCUT2D eigenvalue weighted by molar-refractivity contribution is 6.06. The number of amides is 3. The van der Waals surface area contributed by atoms with E-state index in [1.165, 1.54) is 16.0 Å². The first-order chi connectivity index (χ1) is 13.1. The summed E-state index contributed by atoms with van der Waals surface area (Å²) in [5.74, 6) is -0.157. The third-order valence-corrected chi connectivity index (χ3v) is 6.83. The van der Waals surface area contributed by atoms with Crippen LogP contribution in [0.1, 0.15) is 42.9 Å². The Morgan fingerprint density at radius 3 is 2.52 bits per heavy atom. The first-order valence-corrected chi connectivity index (χ1v) is 10.0. The molecule has 2 fully saturated rings. The summed E-state index contributed by atoms with van der Waals surface area (Å²) in [6.45, 7) is 0.199. The van der Waals surface area contributed by atoms with Crippen molar-refractivity contribution in [3.05, 3.63) is 47.5 Å². The lowest BCUT2D eigenvalue weighted by molar-refractivity contribution is -0.141. The van der Waals surface area contributed by atoms with Crippen LogP contribution in [0.4, 0.5) is 0 Å². The van der Waals surface area contributed by atoms with E-state index in [4.69, 9.17) is 0 Å². The van der Waals surface area contributed by atoms with E-state index in [-0.39, 0.29) is 60.4 Å². The summed E-state index contributed by atoms with van der Waals surface area (Å²) in [6.07, 6.45) is 8.34. The van der Waals surface area contributed by atoms with Crippen molar-refractivity contribution in [1.29, 1.82) is 0 Å². The molecule has 0 spiro atoms. The zero-order chi connectivity index (χ0) is 18.5. The molecule has 0 radical (unpaired) electrons. The Kier molecular flexibility index (Phi) is 3.92. The van der Waals surface area contributed by atoms with Crippen LogP contribution >= 0.6 is 0 Å². The molecule has 5 atom stereocenters. The van der Waals surface area contributed by atoms with Gasteiger partial charge in [-0.05, 0) is 48.6 Å². The van der Waals surface area contributed by atoms with E-state index in [0.717, 1.165) is 25.7 Å². The second-order valence-corrected chi connectivity index (χ2v) is 8.29. The molecular formula is C22H24N2O3. The molecule has 140 valence electrons. The molecule has 2 bridgehead atoms. The predicted molar refractivity (Wildman–Crippen MR) is 99.3 cm³/mol. The molecule has 1 aliphatic heterocycles. The van der Waals surface area contributed by atoms with Crippen molar-refractivity contribution < 1.29 is 14.4 Å². The van der Waals surface area contributed by atoms with Crippen molar-refractivity contribution in [1.82, 2.24) is 10.2 Å². The smallest absolute Gasteiger partial charge is 0.233 e. The molecule has 0 unspecified atom stereocenters. The number of allylic oxidation sites excluding steroid dienone is 2. The Labute approximate surface area is 158 Å². The second-order valence-electron chi connectivity index (χ2n) is 8.29. The Morgan fingerprint density at radius 1 is 1.07 bits per heavy atom. The Balaban J connectivity index is 1.21. The highest BCUT2D eigenvalue weighted by Gasteiger charge is 2.59. The molecule has 5 nitrogen and oxygen atoms in total. The summed E-state index contributed by atoms with van der Waals surface area (Å²) in [6, 6.07) is 8.28. The molecule has 1 saturated carbocycles. The van der Waals surface area contributed by atoms with E-state index in [0.29, 0.717) is 0 Å². The van der Waals surface area contributed by atoms with Gasteiger partial charge in [0.25, 0.3) is 0 Å². The molecule has 1 saturated heterocycles. The minimum Gasteiger partial charge on any atom is -0.349 e. The number of hydrogen-bond acceptors (Lipinski definition) is 3. The van der Waals surface area contributed by atoms with E-state index in [2.05, 4.69) is 29.6 Å². The highest BCUT2D eigenvalue weighted by atomic mass is 16.2. The molecule has 1 aromatic rings. The number of hydrogen-bond donors (Lipinski definition) is 1. The molecule has 5 heteroatoms. The second kappa shape index (κ2) is 6.32. The van der Waals surface area contributed by atoms with Crippen LogP contribution in [0.2, 0.25) is 0 Å². The van der Waals surface area contributed by atoms with Gasteiger partial charge < -0.3 is 5.32 Å². The fourth-order valence-electron chi connectivity index (χ4n) is 5.57. The van der Waals surface area contributed by atoms with Gasteiger partial charge in [0.2, 0.25) is 17.7 Å². The van der Waals surface area contributed by atoms with Crippen LogP contribution in [0.15, 0.2) is 36.4 Å². The van der Waals surface area contributed by atoms with Crippen LogP contribution in [0.3, 0.4) is 0 Å². The monoisotopic (exact) mass is 364 g/mol. The van der Waals surface area contributed by atoms with Gasteiger partial charge in [-0.2, -0.15) is 0 Å². The Morgan fingerprint density at radius 2 is 1.78 bits per heavy atom. The predicted octanol–water partition coefficient (Wildman–Crippen LogP) is 2.38. The standard InChI is InChI=1S/C22H24N2O3/c25-18(23-17-7-3-5-13-4-1-2-6-16(13)17)10-11-24-21(26)19-14-8-9-15(12-14)20(19)22(24)27/h1-2,4,6,8-9,14-15,17,19-20H,3,5,7,10-12H2,(H,23,25)/t14-,15-,17+,19-,20+/m0/s1. The maximum absolute atomic E-state index is 12.7. The number of imide groups is 1. The third-order valence-electron chi connectivity index (χ3n) is 6.83. The van der Waals surface area contributed by atoms with Gasteiger partial charge in [-0.15, -0.1) is 0 Å². The van der Waals surface area contributed by atoms with Gasteiger partial charge in [0.1, 0.15) is 0 Å². The van der Waals surface area contributed by atoms with Gasteiger partial charge in [-0.3, -0.25) is 19.3 Å². The number of likely N-dealkylation sites (tertiary alicyclic amines) is 1. The van der Waals surface area contributed by atoms with E-state index >= 15 is 0 Å². The minimum absolute atomic E-state index is 0.0341. The lowest BCUT2D eigenvalue weighted by Crippen LogP contribution is -2.38. The number of rotatable bonds is 4. The average Bonchev–Trinajstić information content (AvgIpc) is 3.35. The number of nitrogens with one attached hydrogen (secondary N) is 1. The molecule has 5 rings (SSSR count). The molecule has 4 aliphatic rings. The van der Waals surface area contributed by atoms with Crippen LogP contribution in [0, 0.1) is 23.7 Å². The van der Waals surface area contributed by atoms with Crippen molar-refractivity contribution >= 4 is 17.7 Å². The van der Waals surface area contributed by atoms with E-state index in [1.54, 1.807) is 0 Å². The van der Waals surface area contributed by atoms with Gasteiger partial charge in [0, 0.05) is 13.0 Å². The van der Waals surface area contributed by atoms with E-state index < -0.39 is 0 Å². The van der Waals surface area contributed by atoms with Crippen LogP contribution in [0.25, 0.3) is 0 Å². The van der Waals surface area contributed by atoms with Crippen LogP contribution in [-0.4, -0.2) is 29.2 Å². The number of aryl methyl sites for hydroxylation is 1. The first-order valence-electron chi connectivity index (χ1n) is 10.0. The summed E-state index contributed by atoms with van der Waals surface area (Å²) >= 11 is 0. The van der Waals surface area contributed by atoms with Crippen molar-refractivity contribution in [2.24, 2.45) is 23.7 Å². The van der Waals surface area contributed by atoms with Gasteiger partial charge >= 0.3 is 0 Å². The van der Waals surface area contributed by atoms with Gasteiger partial charge in [-0.25, -0.2) is 0 Å². The summed E-state index contributed by atoms with van der Waals surface area (Å²) in [7, 11) is 0. The Bertz CT molecular complexity index is 816. The minimum atomic E-state index is -0.180. The van der Waals surface area contributed by atoms with Crippen LogP contribution in [0.5, 0.6) is 0 Å². The van der Waals surface area contributed by atoms with Crippen LogP contribution in [-0.2, 0) is 20.8 Å². The quantitative estimate of drug-likeness (QED) is 0.659. The molecule has 1 N–H and O–H groups in total. The molecule has 1 heterocycles. The maximum atomic E-state index is 12.7. The molecule has 1 aromatic carbocycles. The van der Waals surface area contributed by atoms with E-state index in [1.807, 2.05) is 12.1 Å². The van der Waals surface area contributed by atoms with Crippen molar-refractivity contribution in [3.63, 3.8) is 0 Å². The summed E-state index contributed by atoms with van der Waals surface area (Å²) < 4.78 is 0. The third kappa shape index (κ3) is 2.63. The SMILES string of the molecule is O=C(CCN1C(=O)[C@@H]2[C@H](C1=O)[C@H]1C=C[C@H]2C1)N[C@@H]1CCCc2ccccc21. The van der Waals surface area contributed by atoms with Crippen molar-refractivity contribution in [2.75, 3.05) is 6.54 Å². The molecule has 3 aliphatic carbocycles. The number of fused-ring (bicyclic) bond motifs is 6. The van der Waals surface area contributed by atoms with Gasteiger partial charge in [-0.1, -0.05) is 36.4 Å². The van der Waals surface area contributed by atoms with Crippen LogP contribution < -0.4 is 5.32 Å². The Hall–Kier alpha value is -2.43. The number of carbonyl (C=O) groups excluding carboxylic acids is 3. The lowest BCUT2D eigenvalue weighted by Gasteiger charge is -2.26. The zero-order valence-electron chi connectivity index (χ0n) is 15.3. The average molecular weight is 364 g/mol. The number of benzene rings is 1. The normalized spacial score (nSPS) is 33.3. The van der Waals surface area contributed by atoms with E-state index in [9.17, 15) is 14.4 Å². The summed E-state index contributed by atoms with van der Waals surface area (Å²) in [5.41, 5.74) is 2.50. The fraction of sp³-hybridized carbons (Fsp3) is 0.500. The summed E-state index contributed by atoms with van der Waals surface area (Å²) in [5, 5.41) is 3.11. The lowest BCUT2D eigenvalue weighted by atomic mass is 9.85. The molecular weight excluding hydrogens is 340 g/mol. The molecule has 0 aromatic heterocycles. The van der Waals surface area contributed by atoms with Crippen molar-refractivity contribution in [3.8, 4) is 0 Å². The number of nitrogens with zero attached hydrogens (tertiary/aromatic N) is 1. The summed E-state index contributed by atoms with van der Waals surface area (Å²) in [4.78, 5) is 39.2. The number of carbonyl (C=O) groups is 3. The van der Waals surface area contributed by atoms with Crippen molar-refractivity contribution in [2.45, 2.75) is 38.1 Å². The maximum Gasteiger partial charge on any atom is 0.233 e. The highest BCUT2D eigenvalue weighted by Crippen LogP contribution is 2.52. The molecule has 3 amide bonds. The zero-order valence-corrected chi connectivity index (χ0v) is 15.3. The molecule has 27 heavy (non-hydrogen) atoms. The first kappa shape index (κ1) is 16.7. The van der Waals surface area contributed by atoms with Gasteiger partial charge in [0.15, 0.2) is 0 Å². The topological polar surface area (TPSA) is 66.5 Å². The fourth-order valence-corrected chi connectivity index (χ4v) is 5.57. The largest absolute Gasteiger partial charge is 0.349 e.